The summed E-state index contributed by atoms with van der Waals surface area (Å²) in [6, 6.07) is 17.2. The molecule has 0 nitrogen and oxygen atoms in total. The Morgan fingerprint density at radius 2 is 0.773 bits per heavy atom. The minimum atomic E-state index is -0.0385. The van der Waals surface area contributed by atoms with Gasteiger partial charge in [0.1, 0.15) is 0 Å². The summed E-state index contributed by atoms with van der Waals surface area (Å²) in [6.45, 7) is 0. The quantitative estimate of drug-likeness (QED) is 0.202. The van der Waals surface area contributed by atoms with E-state index in [1.807, 2.05) is 0 Å². The number of rotatable bonds is 2. The van der Waals surface area contributed by atoms with Crippen LogP contribution in [0.5, 0.6) is 0 Å². The van der Waals surface area contributed by atoms with Crippen LogP contribution >= 0.6 is 31.9 Å². The molecule has 1 atom stereocenters. The molecule has 10 heteroatoms. The summed E-state index contributed by atoms with van der Waals surface area (Å²) in [4.78, 5) is 0. The molecule has 0 saturated heterocycles. The molecule has 0 radical (unpaired) electrons. The molecule has 0 aliphatic carbocycles. The third-order valence-electron chi connectivity index (χ3n) is 1.83. The third-order valence-corrected chi connectivity index (χ3v) is 5.57. The molecule has 0 fully saturated rings. The second kappa shape index (κ2) is 19.3. The van der Waals surface area contributed by atoms with E-state index in [2.05, 4.69) is 80.4 Å². The Morgan fingerprint density at radius 1 is 0.545 bits per heavy atom. The van der Waals surface area contributed by atoms with Gasteiger partial charge in [-0.2, -0.15) is 0 Å². The molecule has 0 aliphatic rings. The number of hydrogen-bond donors (Lipinski definition) is 0. The van der Waals surface area contributed by atoms with Crippen molar-refractivity contribution in [3.05, 3.63) is 64.6 Å². The van der Waals surface area contributed by atoms with Crippen molar-refractivity contribution in [1.29, 1.82) is 0 Å². The molecule has 0 amide bonds. The van der Waals surface area contributed by atoms with Gasteiger partial charge >= 0.3 is 39.2 Å². The van der Waals surface area contributed by atoms with Crippen molar-refractivity contribution in [1.82, 2.24) is 0 Å². The fraction of sp³-hybridized carbons (Fsp3) is 0. The summed E-state index contributed by atoms with van der Waals surface area (Å²) < 4.78 is 5.18. The number of halogens is 9. The van der Waals surface area contributed by atoms with E-state index >= 15 is 0 Å². The van der Waals surface area contributed by atoms with Crippen LogP contribution < -0.4 is 25.9 Å². The molecule has 0 saturated carbocycles. The molecule has 0 heterocycles. The Morgan fingerprint density at radius 3 is 1.00 bits per heavy atom. The molecule has 0 spiro atoms. The molecule has 1 unspecified atom stereocenters. The van der Waals surface area contributed by atoms with Crippen LogP contribution in [0.1, 0.15) is 0 Å². The maximum Gasteiger partial charge on any atom is -1.00 e. The molecule has 0 aliphatic heterocycles. The normalized spacial score (nSPS) is 7.00. The Kier molecular flexibility index (Phi) is 33.4. The maximum atomic E-state index is 3.45. The smallest absolute Gasteiger partial charge is 1.00 e. The van der Waals surface area contributed by atoms with Gasteiger partial charge in [0.05, 0.1) is 0 Å². The standard InChI is InChI=1S/C12H8Br2I.AsH3.6FH/c13-9-1-5-11(6-2-9)15-12-7-3-10(14)4-8-12;;;;;;;/h1-8H;1H3;6*1H/q+1;;;;;;;/p-1. The number of hydrogen-bond acceptors (Lipinski definition) is 0. The van der Waals surface area contributed by atoms with Gasteiger partial charge in [0.25, 0.3) is 0 Å². The summed E-state index contributed by atoms with van der Waals surface area (Å²) in [5, 5.41) is 0. The largest absolute Gasteiger partial charge is 1.00 e. The molecule has 0 N–H and O–H groups in total. The molecule has 0 aromatic heterocycles. The van der Waals surface area contributed by atoms with Crippen LogP contribution in [-0.4, -0.2) is 18.0 Å². The van der Waals surface area contributed by atoms with E-state index in [9.17, 15) is 0 Å². The Bertz CT molecular complexity index is 415. The zero-order valence-electron chi connectivity index (χ0n) is 10.9. The van der Waals surface area contributed by atoms with E-state index < -0.39 is 0 Å². The average Bonchev–Trinajstić information content (AvgIpc) is 2.25. The summed E-state index contributed by atoms with van der Waals surface area (Å²) in [6.07, 6.45) is 0. The van der Waals surface area contributed by atoms with Gasteiger partial charge in [0, 0.05) is 8.95 Å². The van der Waals surface area contributed by atoms with Crippen molar-refractivity contribution < 1.29 is 49.4 Å². The van der Waals surface area contributed by atoms with E-state index in [1.54, 1.807) is 0 Å². The monoisotopic (exact) mass is 634 g/mol. The van der Waals surface area contributed by atoms with Gasteiger partial charge in [-0.1, -0.05) is 31.9 Å². The Balaban J connectivity index is -0.0000000914. The van der Waals surface area contributed by atoms with Gasteiger partial charge in [-0.05, 0) is 48.5 Å². The molecule has 132 valence electrons. The van der Waals surface area contributed by atoms with Crippen LogP contribution in [0.25, 0.3) is 0 Å². The van der Waals surface area contributed by atoms with Gasteiger partial charge in [-0.15, -0.1) is 0 Å². The molecule has 22 heavy (non-hydrogen) atoms. The first-order chi connectivity index (χ1) is 7.24. The summed E-state index contributed by atoms with van der Waals surface area (Å²) in [5.41, 5.74) is 0. The molecular weight excluding hydrogens is 620 g/mol. The van der Waals surface area contributed by atoms with Crippen molar-refractivity contribution in [3.63, 3.8) is 0 Å². The van der Waals surface area contributed by atoms with E-state index in [0.29, 0.717) is 0 Å². The predicted octanol–water partition coefficient (Wildman–Crippen LogP) is -2.08. The van der Waals surface area contributed by atoms with E-state index in [-0.39, 0.29) is 67.4 Å². The molecule has 2 aromatic carbocycles. The maximum absolute atomic E-state index is 3.45. The van der Waals surface area contributed by atoms with Crippen molar-refractivity contribution >= 4 is 49.8 Å². The SMILES string of the molecule is Brc1ccc([I+]c2ccc(Br)cc2)cc1.F.F.F.F.F.[AsH3].[F-]. The minimum Gasteiger partial charge on any atom is -1.00 e. The van der Waals surface area contributed by atoms with Gasteiger partial charge in [0.2, 0.25) is 0 Å². The van der Waals surface area contributed by atoms with Gasteiger partial charge in [0.15, 0.2) is 7.14 Å². The minimum absolute atomic E-state index is 0. The fourth-order valence-corrected chi connectivity index (χ4v) is 3.80. The van der Waals surface area contributed by atoms with E-state index in [4.69, 9.17) is 0 Å². The van der Waals surface area contributed by atoms with Crippen LogP contribution in [0, 0.1) is 7.14 Å². The molecular formula is C12H16AsBr2F6I. The van der Waals surface area contributed by atoms with Gasteiger partial charge in [-0.25, -0.2) is 0 Å². The van der Waals surface area contributed by atoms with Crippen LogP contribution in [-0.2, 0) is 0 Å². The first-order valence-corrected chi connectivity index (χ1v) is 8.14. The van der Waals surface area contributed by atoms with E-state index in [1.165, 1.54) is 7.14 Å². The van der Waals surface area contributed by atoms with Crippen molar-refractivity contribution in [2.45, 2.75) is 0 Å². The van der Waals surface area contributed by atoms with Crippen LogP contribution in [0.15, 0.2) is 57.5 Å². The van der Waals surface area contributed by atoms with Gasteiger partial charge in [-0.3, -0.25) is 23.5 Å². The summed E-state index contributed by atoms with van der Waals surface area (Å²) in [5.74, 6) is 0. The Hall–Kier alpha value is 0.268. The second-order valence-corrected chi connectivity index (χ2v) is 7.83. The zero-order valence-corrected chi connectivity index (χ0v) is 19.2. The number of benzene rings is 2. The summed E-state index contributed by atoms with van der Waals surface area (Å²) >= 11 is 6.85. The zero-order chi connectivity index (χ0) is 10.7. The molecule has 2 rings (SSSR count). The second-order valence-electron chi connectivity index (χ2n) is 2.97. The van der Waals surface area contributed by atoms with Crippen LogP contribution in [0.4, 0.5) is 23.5 Å². The topological polar surface area (TPSA) is 0 Å². The van der Waals surface area contributed by atoms with Crippen molar-refractivity contribution in [2.75, 3.05) is 0 Å². The van der Waals surface area contributed by atoms with Gasteiger partial charge < -0.3 is 4.70 Å². The first-order valence-electron chi connectivity index (χ1n) is 4.40. The van der Waals surface area contributed by atoms with Crippen molar-refractivity contribution in [2.24, 2.45) is 0 Å². The Labute approximate surface area is 162 Å². The predicted molar refractivity (Wildman–Crippen MR) is 88.1 cm³/mol. The molecule has 0 bridgehead atoms. The first kappa shape index (κ1) is 38.1. The van der Waals surface area contributed by atoms with Crippen LogP contribution in [0.3, 0.4) is 0 Å². The van der Waals surface area contributed by atoms with Crippen LogP contribution in [0.2, 0.25) is 0 Å². The fourth-order valence-electron chi connectivity index (χ4n) is 1.11. The van der Waals surface area contributed by atoms with E-state index in [0.717, 1.165) is 8.95 Å². The molecule has 2 aromatic rings. The summed E-state index contributed by atoms with van der Waals surface area (Å²) in [7, 11) is 0. The third kappa shape index (κ3) is 12.8. The average molecular weight is 636 g/mol. The van der Waals surface area contributed by atoms with Crippen molar-refractivity contribution in [3.8, 4) is 0 Å².